The highest BCUT2D eigenvalue weighted by Crippen LogP contribution is 2.06. The van der Waals surface area contributed by atoms with Gasteiger partial charge in [-0.3, -0.25) is 9.69 Å². The molecule has 4 nitrogen and oxygen atoms in total. The van der Waals surface area contributed by atoms with Crippen LogP contribution in [0.1, 0.15) is 47.7 Å². The Kier molecular flexibility index (Phi) is 8.12. The van der Waals surface area contributed by atoms with Crippen LogP contribution < -0.4 is 0 Å². The molecule has 0 aliphatic rings. The van der Waals surface area contributed by atoms with E-state index in [0.717, 1.165) is 24.0 Å². The summed E-state index contributed by atoms with van der Waals surface area (Å²) in [5.74, 6) is 2.61. The van der Waals surface area contributed by atoms with Crippen LogP contribution in [0.5, 0.6) is 0 Å². The number of hydrogen-bond acceptors (Lipinski definition) is 3. The third-order valence-electron chi connectivity index (χ3n) is 4.07. The van der Waals surface area contributed by atoms with E-state index >= 15 is 0 Å². The highest BCUT2D eigenvalue weighted by Gasteiger charge is 2.13. The van der Waals surface area contributed by atoms with Crippen molar-refractivity contribution < 1.29 is 14.3 Å². The maximum absolute atomic E-state index is 12.4. The van der Waals surface area contributed by atoms with Crippen LogP contribution in [0, 0.1) is 18.9 Å². The summed E-state index contributed by atoms with van der Waals surface area (Å²) < 4.78 is 5.29. The fourth-order valence-electron chi connectivity index (χ4n) is 2.43. The smallest absolute Gasteiger partial charge is 0.338 e. The summed E-state index contributed by atoms with van der Waals surface area (Å²) >= 11 is 0. The van der Waals surface area contributed by atoms with Gasteiger partial charge in [0.1, 0.15) is 6.61 Å². The second-order valence-electron chi connectivity index (χ2n) is 6.20. The van der Waals surface area contributed by atoms with Crippen molar-refractivity contribution in [1.82, 2.24) is 4.90 Å². The van der Waals surface area contributed by atoms with Crippen molar-refractivity contribution in [1.29, 1.82) is 0 Å². The van der Waals surface area contributed by atoms with E-state index in [1.165, 1.54) is 4.90 Å². The van der Waals surface area contributed by atoms with E-state index in [1.54, 1.807) is 24.3 Å². The fourth-order valence-corrected chi connectivity index (χ4v) is 2.43. The third kappa shape index (κ3) is 6.63. The molecule has 2 aromatic rings. The minimum absolute atomic E-state index is 0.0475. The number of benzene rings is 2. The Balaban J connectivity index is 2.01. The van der Waals surface area contributed by atoms with Crippen molar-refractivity contribution in [3.63, 3.8) is 0 Å². The third-order valence-corrected chi connectivity index (χ3v) is 4.07. The van der Waals surface area contributed by atoms with Crippen LogP contribution in [0.15, 0.2) is 54.6 Å². The monoisotopic (exact) mass is 363 g/mol. The van der Waals surface area contributed by atoms with E-state index in [2.05, 4.69) is 12.0 Å². The van der Waals surface area contributed by atoms with Gasteiger partial charge >= 0.3 is 5.97 Å². The largest absolute Gasteiger partial charge is 0.460 e. The van der Waals surface area contributed by atoms with E-state index in [0.29, 0.717) is 12.0 Å². The number of aryl methyl sites for hydroxylation is 1. The summed E-state index contributed by atoms with van der Waals surface area (Å²) in [6.07, 6.45) is 2.19. The molecule has 2 aromatic carbocycles. The number of carbonyl (C=O) groups excluding carboxylic acids is 2. The van der Waals surface area contributed by atoms with Crippen LogP contribution in [0.4, 0.5) is 0 Å². The zero-order chi connectivity index (χ0) is 19.5. The van der Waals surface area contributed by atoms with Gasteiger partial charge in [-0.2, -0.15) is 0 Å². The highest BCUT2D eigenvalue weighted by atomic mass is 16.5. The molecule has 0 N–H and O–H groups in total. The average molecular weight is 363 g/mol. The van der Waals surface area contributed by atoms with E-state index in [-0.39, 0.29) is 19.1 Å². The van der Waals surface area contributed by atoms with Crippen molar-refractivity contribution in [3.05, 3.63) is 71.3 Å². The molecule has 0 radical (unpaired) electrons. The summed E-state index contributed by atoms with van der Waals surface area (Å²) in [5, 5.41) is 0. The van der Waals surface area contributed by atoms with E-state index in [9.17, 15) is 9.59 Å². The van der Waals surface area contributed by atoms with Gasteiger partial charge in [0.2, 0.25) is 5.91 Å². The van der Waals surface area contributed by atoms with Gasteiger partial charge in [0.05, 0.1) is 12.1 Å². The van der Waals surface area contributed by atoms with Crippen LogP contribution in [-0.4, -0.2) is 29.9 Å². The molecule has 0 fully saturated rings. The van der Waals surface area contributed by atoms with Gasteiger partial charge in [0, 0.05) is 18.0 Å². The number of hydrogen-bond donors (Lipinski definition) is 0. The highest BCUT2D eigenvalue weighted by molar-refractivity contribution is 5.89. The summed E-state index contributed by atoms with van der Waals surface area (Å²) in [6, 6.07) is 19.5. The molecule has 0 unspecified atom stereocenters. The van der Waals surface area contributed by atoms with Crippen molar-refractivity contribution in [2.24, 2.45) is 0 Å². The van der Waals surface area contributed by atoms with Crippen LogP contribution in [0.25, 0.3) is 0 Å². The first-order valence-electron chi connectivity index (χ1n) is 9.21. The topological polar surface area (TPSA) is 46.6 Å². The van der Waals surface area contributed by atoms with Gasteiger partial charge in [-0.25, -0.2) is 4.79 Å². The fraction of sp³-hybridized carbons (Fsp3) is 0.304. The van der Waals surface area contributed by atoms with Gasteiger partial charge in [-0.1, -0.05) is 49.7 Å². The summed E-state index contributed by atoms with van der Waals surface area (Å²) in [6.45, 7) is 4.38. The lowest BCUT2D eigenvalue weighted by Gasteiger charge is -2.16. The van der Waals surface area contributed by atoms with Gasteiger partial charge in [0.25, 0.3) is 0 Å². The van der Waals surface area contributed by atoms with Crippen LogP contribution in [-0.2, 0) is 9.53 Å². The van der Waals surface area contributed by atoms with E-state index in [1.807, 2.05) is 44.2 Å². The van der Waals surface area contributed by atoms with E-state index < -0.39 is 5.97 Å². The number of carbonyl (C=O) groups is 2. The minimum atomic E-state index is -0.400. The second-order valence-corrected chi connectivity index (χ2v) is 6.20. The van der Waals surface area contributed by atoms with Crippen molar-refractivity contribution in [2.45, 2.75) is 33.1 Å². The maximum Gasteiger partial charge on any atom is 0.338 e. The molecule has 0 saturated heterocycles. The molecule has 27 heavy (non-hydrogen) atoms. The molecule has 2 rings (SSSR count). The summed E-state index contributed by atoms with van der Waals surface area (Å²) in [7, 11) is 0. The first-order valence-corrected chi connectivity index (χ1v) is 9.21. The average Bonchev–Trinajstić information content (AvgIpc) is 2.70. The Morgan fingerprint density at radius 2 is 1.74 bits per heavy atom. The quantitative estimate of drug-likeness (QED) is 0.421. The molecule has 0 bridgehead atoms. The Morgan fingerprint density at radius 3 is 2.44 bits per heavy atom. The Labute approximate surface area is 161 Å². The number of nitrogens with zero attached hydrogens (tertiary/aromatic N) is 1. The van der Waals surface area contributed by atoms with Gasteiger partial charge in [-0.05, 0) is 43.0 Å². The molecule has 140 valence electrons. The minimum Gasteiger partial charge on any atom is -0.460 e. The lowest BCUT2D eigenvalue weighted by atomic mass is 10.1. The normalized spacial score (nSPS) is 9.85. The first-order chi connectivity index (χ1) is 13.1. The number of amides is 1. The molecule has 1 amide bonds. The molecule has 0 aliphatic heterocycles. The molecule has 0 aliphatic carbocycles. The van der Waals surface area contributed by atoms with Crippen LogP contribution in [0.3, 0.4) is 0 Å². The summed E-state index contributed by atoms with van der Waals surface area (Å²) in [4.78, 5) is 25.9. The second kappa shape index (κ2) is 10.8. The van der Waals surface area contributed by atoms with Gasteiger partial charge in [-0.15, -0.1) is 0 Å². The lowest BCUT2D eigenvalue weighted by Crippen LogP contribution is -2.30. The molecular weight excluding hydrogens is 338 g/mol. The SMILES string of the molecule is CCCCC(=O)N(C#Cc1ccccc1C)CCOC(=O)c1ccccc1. The number of esters is 1. The molecule has 4 heteroatoms. The molecule has 0 saturated carbocycles. The van der Waals surface area contributed by atoms with Crippen LogP contribution in [0.2, 0.25) is 0 Å². The Hall–Kier alpha value is -3.06. The first kappa shape index (κ1) is 20.3. The molecule has 0 spiro atoms. The van der Waals surface area contributed by atoms with Crippen molar-refractivity contribution in [2.75, 3.05) is 13.2 Å². The predicted molar refractivity (Wildman–Crippen MR) is 106 cm³/mol. The molecule has 0 atom stereocenters. The standard InChI is InChI=1S/C23H25NO3/c1-3-4-14-22(25)24(16-15-20-11-9-8-10-19(20)2)17-18-27-23(26)21-12-6-5-7-13-21/h5-13H,3-4,14,17-18H2,1-2H3. The Bertz CT molecular complexity index is 818. The Morgan fingerprint density at radius 1 is 1.04 bits per heavy atom. The maximum atomic E-state index is 12.4. The zero-order valence-electron chi connectivity index (χ0n) is 15.9. The predicted octanol–water partition coefficient (Wildman–Crippen LogP) is 4.18. The zero-order valence-corrected chi connectivity index (χ0v) is 15.9. The van der Waals surface area contributed by atoms with Gasteiger partial charge in [0.15, 0.2) is 0 Å². The number of rotatable bonds is 7. The van der Waals surface area contributed by atoms with Gasteiger partial charge < -0.3 is 4.74 Å². The lowest BCUT2D eigenvalue weighted by molar-refractivity contribution is -0.128. The van der Waals surface area contributed by atoms with E-state index in [4.69, 9.17) is 4.74 Å². The van der Waals surface area contributed by atoms with Crippen molar-refractivity contribution in [3.8, 4) is 12.0 Å². The number of unbranched alkanes of at least 4 members (excludes halogenated alkanes) is 1. The molecule has 0 heterocycles. The number of ether oxygens (including phenoxy) is 1. The van der Waals surface area contributed by atoms with Crippen molar-refractivity contribution >= 4 is 11.9 Å². The summed E-state index contributed by atoms with van der Waals surface area (Å²) in [5.41, 5.74) is 2.43. The molecular formula is C23H25NO3. The van der Waals surface area contributed by atoms with Crippen LogP contribution >= 0.6 is 0 Å². The molecule has 0 aromatic heterocycles.